The largest absolute Gasteiger partial charge is 0.480 e. The first-order valence-corrected chi connectivity index (χ1v) is 13.2. The molecule has 1 aromatic carbocycles. The molecule has 10 heteroatoms. The van der Waals surface area contributed by atoms with E-state index in [0.717, 1.165) is 50.6 Å². The molecule has 0 spiro atoms. The van der Waals surface area contributed by atoms with Gasteiger partial charge in [0.1, 0.15) is 12.4 Å². The lowest BCUT2D eigenvalue weighted by atomic mass is 9.93. The topological polar surface area (TPSA) is 105 Å². The van der Waals surface area contributed by atoms with E-state index < -0.39 is 12.0 Å². The number of aromatic nitrogens is 2. The average Bonchev–Trinajstić information content (AvgIpc) is 3.38. The maximum atomic E-state index is 12.4. The molecule has 3 aromatic rings. The van der Waals surface area contributed by atoms with Gasteiger partial charge in [-0.25, -0.2) is 14.8 Å². The molecule has 2 aliphatic rings. The molecule has 0 bridgehead atoms. The molecule has 2 unspecified atom stereocenters. The summed E-state index contributed by atoms with van der Waals surface area (Å²) in [5.41, 5.74) is 4.43. The molecule has 5 rings (SSSR count). The first-order valence-electron chi connectivity index (χ1n) is 12.0. The fraction of sp³-hybridized carbons (Fsp3) is 0.462. The van der Waals surface area contributed by atoms with E-state index in [1.807, 2.05) is 18.2 Å². The number of carboxylic acids is 1. The van der Waals surface area contributed by atoms with Crippen molar-refractivity contribution >= 4 is 45.0 Å². The zero-order valence-electron chi connectivity index (χ0n) is 20.5. The number of morpholine rings is 1. The number of rotatable bonds is 6. The molecule has 2 saturated heterocycles. The van der Waals surface area contributed by atoms with Crippen LogP contribution < -0.4 is 5.32 Å². The highest BCUT2D eigenvalue weighted by molar-refractivity contribution is 7.19. The van der Waals surface area contributed by atoms with E-state index in [2.05, 4.69) is 36.1 Å². The number of carbonyl (C=O) groups excluding carboxylic acids is 1. The van der Waals surface area contributed by atoms with Crippen LogP contribution in [0.15, 0.2) is 24.5 Å². The van der Waals surface area contributed by atoms with Crippen LogP contribution in [0, 0.1) is 6.92 Å². The zero-order valence-corrected chi connectivity index (χ0v) is 22.1. The molecule has 2 aliphatic heterocycles. The van der Waals surface area contributed by atoms with Gasteiger partial charge in [0.05, 0.1) is 34.2 Å². The number of nitrogens with one attached hydrogen (secondary N) is 1. The van der Waals surface area contributed by atoms with Gasteiger partial charge in [-0.1, -0.05) is 11.6 Å². The van der Waals surface area contributed by atoms with Crippen LogP contribution in [0.5, 0.6) is 0 Å². The Hall–Kier alpha value is -2.59. The predicted molar refractivity (Wildman–Crippen MR) is 139 cm³/mol. The second-order valence-corrected chi connectivity index (χ2v) is 11.7. The lowest BCUT2D eigenvalue weighted by Crippen LogP contribution is -2.51. The number of carboxylic acid groups (broad SMARTS) is 1. The van der Waals surface area contributed by atoms with Crippen molar-refractivity contribution in [3.63, 3.8) is 0 Å². The molecule has 2 atom stereocenters. The standard InChI is InChI=1S/C26H29ClN4O4S/c1-14-6-15(27)7-19(18(14)8-16-10-28-12-26(2,3)35-16)23-24-20(29-13-30-23)9-17(36-24)11-31-21(25(33)34)4-5-22(31)32/h6-7,9,13,16,21,28H,4-5,8,10-12H2,1-3H3,(H,33,34). The third-order valence-corrected chi connectivity index (χ3v) is 8.17. The number of likely N-dealkylation sites (tertiary alicyclic amines) is 1. The van der Waals surface area contributed by atoms with Crippen LogP contribution in [0.25, 0.3) is 21.5 Å². The summed E-state index contributed by atoms with van der Waals surface area (Å²) in [4.78, 5) is 35.4. The van der Waals surface area contributed by atoms with E-state index in [4.69, 9.17) is 16.3 Å². The van der Waals surface area contributed by atoms with Crippen molar-refractivity contribution in [1.29, 1.82) is 0 Å². The Morgan fingerprint density at radius 1 is 1.33 bits per heavy atom. The SMILES string of the molecule is Cc1cc(Cl)cc(-c2ncnc3cc(CN4C(=O)CCC4C(=O)O)sc23)c1CC1CNCC(C)(C)O1. The summed E-state index contributed by atoms with van der Waals surface area (Å²) in [6.07, 6.45) is 2.85. The number of benzene rings is 1. The molecule has 0 aliphatic carbocycles. The minimum atomic E-state index is -0.968. The van der Waals surface area contributed by atoms with Crippen molar-refractivity contribution in [2.75, 3.05) is 13.1 Å². The number of hydrogen-bond donors (Lipinski definition) is 2. The lowest BCUT2D eigenvalue weighted by Gasteiger charge is -2.37. The van der Waals surface area contributed by atoms with E-state index in [9.17, 15) is 14.7 Å². The Kier molecular flexibility index (Phi) is 6.76. The van der Waals surface area contributed by atoms with Crippen molar-refractivity contribution in [2.24, 2.45) is 0 Å². The van der Waals surface area contributed by atoms with Gasteiger partial charge < -0.3 is 20.1 Å². The zero-order chi connectivity index (χ0) is 25.6. The van der Waals surface area contributed by atoms with Crippen LogP contribution in [0.1, 0.15) is 42.7 Å². The summed E-state index contributed by atoms with van der Waals surface area (Å²) in [7, 11) is 0. The number of fused-ring (bicyclic) bond motifs is 1. The molecular weight excluding hydrogens is 500 g/mol. The van der Waals surface area contributed by atoms with Gasteiger partial charge in [-0.2, -0.15) is 0 Å². The number of ether oxygens (including phenoxy) is 1. The summed E-state index contributed by atoms with van der Waals surface area (Å²) < 4.78 is 7.23. The Balaban J connectivity index is 1.52. The smallest absolute Gasteiger partial charge is 0.326 e. The number of aryl methyl sites for hydroxylation is 1. The number of carbonyl (C=O) groups is 2. The minimum Gasteiger partial charge on any atom is -0.480 e. The summed E-state index contributed by atoms with van der Waals surface area (Å²) in [6.45, 7) is 8.04. The molecule has 2 N–H and O–H groups in total. The highest BCUT2D eigenvalue weighted by Crippen LogP contribution is 2.38. The lowest BCUT2D eigenvalue weighted by molar-refractivity contribution is -0.146. The second kappa shape index (κ2) is 9.70. The first-order chi connectivity index (χ1) is 17.1. The number of thiophene rings is 1. The highest BCUT2D eigenvalue weighted by Gasteiger charge is 2.36. The Bertz CT molecular complexity index is 1340. The average molecular weight is 529 g/mol. The Labute approximate surface area is 218 Å². The number of hydrogen-bond acceptors (Lipinski definition) is 7. The molecule has 190 valence electrons. The number of nitrogens with zero attached hydrogens (tertiary/aromatic N) is 3. The molecule has 1 amide bonds. The van der Waals surface area contributed by atoms with Crippen LogP contribution in [0.3, 0.4) is 0 Å². The van der Waals surface area contributed by atoms with Crippen molar-refractivity contribution < 1.29 is 19.4 Å². The minimum absolute atomic E-state index is 0.0118. The maximum absolute atomic E-state index is 12.4. The van der Waals surface area contributed by atoms with Gasteiger partial charge in [-0.15, -0.1) is 11.3 Å². The van der Waals surface area contributed by atoms with Gasteiger partial charge in [0.2, 0.25) is 5.91 Å². The normalized spacial score (nSPS) is 21.9. The van der Waals surface area contributed by atoms with Gasteiger partial charge >= 0.3 is 5.97 Å². The van der Waals surface area contributed by atoms with Crippen molar-refractivity contribution in [3.05, 3.63) is 45.6 Å². The molecule has 0 radical (unpaired) electrons. The monoisotopic (exact) mass is 528 g/mol. The highest BCUT2D eigenvalue weighted by atomic mass is 35.5. The number of aliphatic carboxylic acids is 1. The third kappa shape index (κ3) is 4.98. The fourth-order valence-electron chi connectivity index (χ4n) is 5.20. The molecule has 0 saturated carbocycles. The van der Waals surface area contributed by atoms with E-state index in [-0.39, 0.29) is 30.6 Å². The van der Waals surface area contributed by atoms with E-state index in [0.29, 0.717) is 17.9 Å². The van der Waals surface area contributed by atoms with Crippen LogP contribution in [0.2, 0.25) is 5.02 Å². The first kappa shape index (κ1) is 25.1. The summed E-state index contributed by atoms with van der Waals surface area (Å²) in [5.74, 6) is -1.10. The van der Waals surface area contributed by atoms with Gasteiger partial charge in [0, 0.05) is 41.4 Å². The van der Waals surface area contributed by atoms with Crippen LogP contribution in [-0.4, -0.2) is 62.7 Å². The van der Waals surface area contributed by atoms with E-state index in [1.165, 1.54) is 22.6 Å². The predicted octanol–water partition coefficient (Wildman–Crippen LogP) is 4.21. The molecular formula is C26H29ClN4O4S. The van der Waals surface area contributed by atoms with Gasteiger partial charge in [0.25, 0.3) is 0 Å². The van der Waals surface area contributed by atoms with Gasteiger partial charge in [-0.05, 0) is 56.5 Å². The summed E-state index contributed by atoms with van der Waals surface area (Å²) >= 11 is 8.00. The van der Waals surface area contributed by atoms with E-state index >= 15 is 0 Å². The van der Waals surface area contributed by atoms with Crippen molar-refractivity contribution in [1.82, 2.24) is 20.2 Å². The summed E-state index contributed by atoms with van der Waals surface area (Å²) in [6, 6.07) is 5.04. The van der Waals surface area contributed by atoms with Gasteiger partial charge in [0.15, 0.2) is 0 Å². The Morgan fingerprint density at radius 3 is 2.89 bits per heavy atom. The van der Waals surface area contributed by atoms with Crippen LogP contribution >= 0.6 is 22.9 Å². The quantitative estimate of drug-likeness (QED) is 0.494. The molecule has 8 nitrogen and oxygen atoms in total. The molecule has 2 aromatic heterocycles. The molecule has 4 heterocycles. The number of halogens is 1. The van der Waals surface area contributed by atoms with Crippen LogP contribution in [0.4, 0.5) is 0 Å². The maximum Gasteiger partial charge on any atom is 0.326 e. The van der Waals surface area contributed by atoms with Gasteiger partial charge in [-0.3, -0.25) is 4.79 Å². The Morgan fingerprint density at radius 2 is 2.14 bits per heavy atom. The third-order valence-electron chi connectivity index (χ3n) is 6.83. The molecule has 2 fully saturated rings. The molecule has 36 heavy (non-hydrogen) atoms. The van der Waals surface area contributed by atoms with Crippen molar-refractivity contribution in [3.8, 4) is 11.3 Å². The number of amides is 1. The fourth-order valence-corrected chi connectivity index (χ4v) is 6.58. The second-order valence-electron chi connectivity index (χ2n) is 10.1. The summed E-state index contributed by atoms with van der Waals surface area (Å²) in [5, 5.41) is 13.6. The van der Waals surface area contributed by atoms with Crippen molar-refractivity contribution in [2.45, 2.75) is 64.3 Å². The van der Waals surface area contributed by atoms with E-state index in [1.54, 1.807) is 0 Å². The van der Waals surface area contributed by atoms with Crippen LogP contribution in [-0.2, 0) is 27.3 Å².